The number of rotatable bonds is 3. The summed E-state index contributed by atoms with van der Waals surface area (Å²) >= 11 is 0. The highest BCUT2D eigenvalue weighted by molar-refractivity contribution is 5.72. The van der Waals surface area contributed by atoms with Crippen LogP contribution in [0.1, 0.15) is 31.9 Å². The summed E-state index contributed by atoms with van der Waals surface area (Å²) in [5.74, 6) is 0.0357. The molecule has 0 bridgehead atoms. The van der Waals surface area contributed by atoms with Gasteiger partial charge < -0.3 is 5.32 Å². The zero-order chi connectivity index (χ0) is 11.7. The van der Waals surface area contributed by atoms with E-state index >= 15 is 0 Å². The van der Waals surface area contributed by atoms with Crippen LogP contribution in [0.15, 0.2) is 24.3 Å². The number of hydrogen-bond donors (Lipinski definition) is 1. The van der Waals surface area contributed by atoms with E-state index in [4.69, 9.17) is 0 Å². The average molecular weight is 207 g/mol. The number of hydrogen-bond acceptors (Lipinski definition) is 1. The maximum Gasteiger partial charge on any atom is 0.216 e. The smallest absolute Gasteiger partial charge is 0.216 e. The summed E-state index contributed by atoms with van der Waals surface area (Å²) in [6.45, 7) is 8.35. The van der Waals surface area contributed by atoms with Gasteiger partial charge in [-0.3, -0.25) is 4.79 Å². The summed E-state index contributed by atoms with van der Waals surface area (Å²) in [4.78, 5) is 10.6. The maximum atomic E-state index is 10.6. The van der Waals surface area contributed by atoms with Gasteiger partial charge in [-0.2, -0.15) is 0 Å². The first-order chi connectivity index (χ1) is 7.20. The monoisotopic (exact) mass is 207 g/mol. The molecule has 1 amide bonds. The van der Waals surface area contributed by atoms with Crippen LogP contribution in [0.2, 0.25) is 0 Å². The number of amides is 1. The minimum atomic E-state index is 0.0357. The molecule has 1 N–H and O–H groups in total. The van der Waals surface area contributed by atoms with Gasteiger partial charge in [0.05, 0.1) is 0 Å². The fourth-order valence-electron chi connectivity index (χ4n) is 1.26. The van der Waals surface area contributed by atoms with E-state index in [1.54, 1.807) is 0 Å². The quantitative estimate of drug-likeness (QED) is 0.811. The third-order valence-electron chi connectivity index (χ3n) is 2.03. The van der Waals surface area contributed by atoms with Crippen molar-refractivity contribution in [1.29, 1.82) is 0 Å². The molecule has 0 aliphatic rings. The summed E-state index contributed by atoms with van der Waals surface area (Å²) in [6.07, 6.45) is 0.909. The fraction of sp³-hybridized carbons (Fsp3) is 0.462. The highest BCUT2D eigenvalue weighted by Crippen LogP contribution is 2.06. The Kier molecular flexibility index (Phi) is 7.33. The van der Waals surface area contributed by atoms with Gasteiger partial charge in [-0.25, -0.2) is 0 Å². The summed E-state index contributed by atoms with van der Waals surface area (Å²) in [6, 6.07) is 8.23. The first-order valence-electron chi connectivity index (χ1n) is 5.49. The topological polar surface area (TPSA) is 29.1 Å². The average Bonchev–Trinajstić information content (AvgIpc) is 2.23. The predicted molar refractivity (Wildman–Crippen MR) is 64.9 cm³/mol. The van der Waals surface area contributed by atoms with Crippen LogP contribution >= 0.6 is 0 Å². The second-order valence-electron chi connectivity index (χ2n) is 3.16. The van der Waals surface area contributed by atoms with Crippen LogP contribution in [0, 0.1) is 6.92 Å². The molecule has 0 aliphatic carbocycles. The second kappa shape index (κ2) is 8.04. The van der Waals surface area contributed by atoms with E-state index in [1.165, 1.54) is 18.1 Å². The highest BCUT2D eigenvalue weighted by atomic mass is 16.1. The first-order valence-corrected chi connectivity index (χ1v) is 5.49. The van der Waals surface area contributed by atoms with E-state index in [2.05, 4.69) is 24.4 Å². The Hall–Kier alpha value is -1.31. The minimum absolute atomic E-state index is 0.0357. The SMILES string of the molecule is CC.CC(=O)NCCc1ccccc1C. The lowest BCUT2D eigenvalue weighted by Gasteiger charge is -2.05. The molecule has 0 saturated heterocycles. The predicted octanol–water partition coefficient (Wildman–Crippen LogP) is 2.70. The molecule has 0 fully saturated rings. The van der Waals surface area contributed by atoms with E-state index in [0.29, 0.717) is 0 Å². The Morgan fingerprint density at radius 3 is 2.40 bits per heavy atom. The summed E-state index contributed by atoms with van der Waals surface area (Å²) in [7, 11) is 0. The second-order valence-corrected chi connectivity index (χ2v) is 3.16. The van der Waals surface area contributed by atoms with Crippen molar-refractivity contribution >= 4 is 5.91 Å². The van der Waals surface area contributed by atoms with Gasteiger partial charge in [0.15, 0.2) is 0 Å². The summed E-state index contributed by atoms with van der Waals surface area (Å²) < 4.78 is 0. The van der Waals surface area contributed by atoms with Crippen molar-refractivity contribution in [3.05, 3.63) is 35.4 Å². The first kappa shape index (κ1) is 13.7. The summed E-state index contributed by atoms with van der Waals surface area (Å²) in [5, 5.41) is 2.78. The van der Waals surface area contributed by atoms with E-state index in [-0.39, 0.29) is 5.91 Å². The molecule has 0 aromatic heterocycles. The molecule has 0 heterocycles. The van der Waals surface area contributed by atoms with Gasteiger partial charge in [0, 0.05) is 13.5 Å². The molecule has 1 aromatic carbocycles. The number of carbonyl (C=O) groups excluding carboxylic acids is 1. The van der Waals surface area contributed by atoms with E-state index in [0.717, 1.165) is 13.0 Å². The van der Waals surface area contributed by atoms with Crippen LogP contribution in [-0.4, -0.2) is 12.5 Å². The van der Waals surface area contributed by atoms with Gasteiger partial charge >= 0.3 is 0 Å². The summed E-state index contributed by atoms with van der Waals surface area (Å²) in [5.41, 5.74) is 2.59. The Bertz CT molecular complexity index is 294. The van der Waals surface area contributed by atoms with Crippen molar-refractivity contribution in [2.45, 2.75) is 34.1 Å². The van der Waals surface area contributed by atoms with Gasteiger partial charge in [0.25, 0.3) is 0 Å². The van der Waals surface area contributed by atoms with Gasteiger partial charge in [-0.1, -0.05) is 38.1 Å². The van der Waals surface area contributed by atoms with Gasteiger partial charge in [-0.15, -0.1) is 0 Å². The Morgan fingerprint density at radius 1 is 1.27 bits per heavy atom. The molecule has 0 spiro atoms. The molecule has 0 radical (unpaired) electrons. The zero-order valence-electron chi connectivity index (χ0n) is 10.1. The number of carbonyl (C=O) groups is 1. The zero-order valence-corrected chi connectivity index (χ0v) is 10.1. The van der Waals surface area contributed by atoms with Crippen LogP contribution in [0.3, 0.4) is 0 Å². The lowest BCUT2D eigenvalue weighted by Crippen LogP contribution is -2.22. The third kappa shape index (κ3) is 5.89. The Labute approximate surface area is 92.7 Å². The molecular weight excluding hydrogens is 186 g/mol. The van der Waals surface area contributed by atoms with Crippen LogP contribution in [0.25, 0.3) is 0 Å². The number of aryl methyl sites for hydroxylation is 1. The fourth-order valence-corrected chi connectivity index (χ4v) is 1.26. The van der Waals surface area contributed by atoms with Crippen LogP contribution < -0.4 is 5.32 Å². The lowest BCUT2D eigenvalue weighted by molar-refractivity contribution is -0.118. The minimum Gasteiger partial charge on any atom is -0.356 e. The van der Waals surface area contributed by atoms with Crippen molar-refractivity contribution < 1.29 is 4.79 Å². The third-order valence-corrected chi connectivity index (χ3v) is 2.03. The maximum absolute atomic E-state index is 10.6. The molecule has 2 nitrogen and oxygen atoms in total. The number of nitrogens with one attached hydrogen (secondary N) is 1. The van der Waals surface area contributed by atoms with Crippen LogP contribution in [-0.2, 0) is 11.2 Å². The van der Waals surface area contributed by atoms with Gasteiger partial charge in [-0.05, 0) is 24.5 Å². The van der Waals surface area contributed by atoms with Crippen molar-refractivity contribution in [2.75, 3.05) is 6.54 Å². The van der Waals surface area contributed by atoms with Crippen LogP contribution in [0.4, 0.5) is 0 Å². The normalized spacial score (nSPS) is 8.80. The molecule has 0 saturated carbocycles. The highest BCUT2D eigenvalue weighted by Gasteiger charge is 1.96. The Balaban J connectivity index is 0.000000921. The molecule has 0 aliphatic heterocycles. The van der Waals surface area contributed by atoms with Crippen molar-refractivity contribution in [3.8, 4) is 0 Å². The largest absolute Gasteiger partial charge is 0.356 e. The van der Waals surface area contributed by atoms with E-state index in [1.807, 2.05) is 26.0 Å². The Morgan fingerprint density at radius 2 is 1.87 bits per heavy atom. The van der Waals surface area contributed by atoms with Crippen molar-refractivity contribution in [3.63, 3.8) is 0 Å². The molecule has 2 heteroatoms. The molecule has 15 heavy (non-hydrogen) atoms. The molecule has 84 valence electrons. The molecule has 1 rings (SSSR count). The van der Waals surface area contributed by atoms with E-state index in [9.17, 15) is 4.79 Å². The van der Waals surface area contributed by atoms with Gasteiger partial charge in [0.2, 0.25) is 5.91 Å². The lowest BCUT2D eigenvalue weighted by atomic mass is 10.1. The van der Waals surface area contributed by atoms with Crippen LogP contribution in [0.5, 0.6) is 0 Å². The molecular formula is C13H21NO. The molecule has 1 aromatic rings. The van der Waals surface area contributed by atoms with E-state index < -0.39 is 0 Å². The molecule has 0 unspecified atom stereocenters. The standard InChI is InChI=1S/C11H15NO.C2H6/c1-9-5-3-4-6-11(9)7-8-12-10(2)13;1-2/h3-6H,7-8H2,1-2H3,(H,12,13);1-2H3. The van der Waals surface area contributed by atoms with Crippen molar-refractivity contribution in [2.24, 2.45) is 0 Å². The van der Waals surface area contributed by atoms with Gasteiger partial charge in [0.1, 0.15) is 0 Å². The number of benzene rings is 1. The molecule has 0 atom stereocenters. The van der Waals surface area contributed by atoms with Crippen molar-refractivity contribution in [1.82, 2.24) is 5.32 Å².